The van der Waals surface area contributed by atoms with E-state index in [1.807, 2.05) is 36.4 Å². The zero-order valence-corrected chi connectivity index (χ0v) is 14.3. The smallest absolute Gasteiger partial charge is 0.245 e. The number of nitrogens with zero attached hydrogens (tertiary/aromatic N) is 2. The normalized spacial score (nSPS) is 10.5. The van der Waals surface area contributed by atoms with Crippen molar-refractivity contribution in [2.75, 3.05) is 10.6 Å². The molecule has 3 rings (SSSR count). The number of benzene rings is 2. The second-order valence-electron chi connectivity index (χ2n) is 5.06. The van der Waals surface area contributed by atoms with Gasteiger partial charge in [0.1, 0.15) is 5.82 Å². The van der Waals surface area contributed by atoms with Crippen molar-refractivity contribution in [2.24, 2.45) is 0 Å². The van der Waals surface area contributed by atoms with E-state index in [9.17, 15) is 4.79 Å². The third-order valence-corrected chi connectivity index (χ3v) is 3.94. The van der Waals surface area contributed by atoms with E-state index in [4.69, 9.17) is 23.2 Å². The summed E-state index contributed by atoms with van der Waals surface area (Å²) in [4.78, 5) is 11.8. The summed E-state index contributed by atoms with van der Waals surface area (Å²) >= 11 is 12.3. The van der Waals surface area contributed by atoms with Crippen molar-refractivity contribution in [3.63, 3.8) is 0 Å². The number of anilines is 4. The van der Waals surface area contributed by atoms with E-state index < -0.39 is 0 Å². The molecule has 7 heteroatoms. The van der Waals surface area contributed by atoms with Crippen LogP contribution >= 0.6 is 23.2 Å². The second-order valence-corrected chi connectivity index (χ2v) is 5.87. The molecule has 0 unspecified atom stereocenters. The average Bonchev–Trinajstić information content (AvgIpc) is 2.95. The fourth-order valence-corrected chi connectivity index (χ4v) is 2.54. The van der Waals surface area contributed by atoms with Crippen molar-refractivity contribution in [3.05, 3.63) is 64.6 Å². The number of aromatic nitrogens is 2. The Kier molecular flexibility index (Phi) is 4.74. The van der Waals surface area contributed by atoms with Crippen LogP contribution in [0, 0.1) is 0 Å². The number of rotatable bonds is 4. The van der Waals surface area contributed by atoms with Crippen molar-refractivity contribution in [2.45, 2.75) is 6.92 Å². The van der Waals surface area contributed by atoms with Gasteiger partial charge in [-0.05, 0) is 24.3 Å². The number of hydrogen-bond acceptors (Lipinski definition) is 4. The summed E-state index contributed by atoms with van der Waals surface area (Å²) in [7, 11) is 0. The van der Waals surface area contributed by atoms with Crippen molar-refractivity contribution in [3.8, 4) is 0 Å². The lowest BCUT2D eigenvalue weighted by molar-refractivity contribution is 0.0924. The topological polar surface area (TPSA) is 59.0 Å². The van der Waals surface area contributed by atoms with Gasteiger partial charge in [0.2, 0.25) is 5.91 Å². The first-order valence-corrected chi connectivity index (χ1v) is 7.94. The SMILES string of the molecule is CC(=O)n1nc(Nc2ccccc2Cl)cc1Nc1ccccc1Cl. The Hall–Kier alpha value is -2.50. The minimum Gasteiger partial charge on any atom is -0.339 e. The number of nitrogens with one attached hydrogen (secondary N) is 2. The van der Waals surface area contributed by atoms with Gasteiger partial charge < -0.3 is 10.6 Å². The van der Waals surface area contributed by atoms with Crippen LogP contribution in [0.1, 0.15) is 11.7 Å². The Balaban J connectivity index is 1.92. The lowest BCUT2D eigenvalue weighted by atomic mass is 10.3. The van der Waals surface area contributed by atoms with Gasteiger partial charge >= 0.3 is 0 Å². The van der Waals surface area contributed by atoms with E-state index in [1.54, 1.807) is 18.2 Å². The van der Waals surface area contributed by atoms with Gasteiger partial charge in [-0.15, -0.1) is 5.10 Å². The molecule has 0 spiro atoms. The van der Waals surface area contributed by atoms with Crippen molar-refractivity contribution >= 4 is 52.1 Å². The van der Waals surface area contributed by atoms with Gasteiger partial charge in [-0.2, -0.15) is 4.68 Å². The van der Waals surface area contributed by atoms with E-state index in [0.717, 1.165) is 0 Å². The van der Waals surface area contributed by atoms with Gasteiger partial charge in [-0.3, -0.25) is 4.79 Å². The molecule has 1 aromatic heterocycles. The van der Waals surface area contributed by atoms with Crippen molar-refractivity contribution < 1.29 is 4.79 Å². The molecule has 0 aliphatic heterocycles. The van der Waals surface area contributed by atoms with E-state index in [0.29, 0.717) is 33.1 Å². The molecule has 0 atom stereocenters. The molecule has 1 heterocycles. The highest BCUT2D eigenvalue weighted by Gasteiger charge is 2.13. The molecule has 5 nitrogen and oxygen atoms in total. The molecule has 0 saturated carbocycles. The summed E-state index contributed by atoms with van der Waals surface area (Å²) in [5.74, 6) is 0.773. The lowest BCUT2D eigenvalue weighted by Gasteiger charge is -2.08. The zero-order chi connectivity index (χ0) is 17.1. The predicted molar refractivity (Wildman–Crippen MR) is 98.0 cm³/mol. The minimum atomic E-state index is -0.225. The molecule has 0 saturated heterocycles. The lowest BCUT2D eigenvalue weighted by Crippen LogP contribution is -2.11. The summed E-state index contributed by atoms with van der Waals surface area (Å²) in [6.45, 7) is 1.43. The molecule has 2 N–H and O–H groups in total. The molecule has 122 valence electrons. The first kappa shape index (κ1) is 16.4. The van der Waals surface area contributed by atoms with E-state index in [-0.39, 0.29) is 5.91 Å². The van der Waals surface area contributed by atoms with Crippen LogP contribution in [0.15, 0.2) is 54.6 Å². The maximum Gasteiger partial charge on any atom is 0.245 e. The Morgan fingerprint density at radius 1 is 0.958 bits per heavy atom. The Morgan fingerprint density at radius 2 is 1.50 bits per heavy atom. The molecule has 3 aromatic rings. The monoisotopic (exact) mass is 360 g/mol. The van der Waals surface area contributed by atoms with Crippen LogP contribution in [0.25, 0.3) is 0 Å². The van der Waals surface area contributed by atoms with Crippen molar-refractivity contribution in [1.29, 1.82) is 0 Å². The first-order valence-electron chi connectivity index (χ1n) is 7.18. The van der Waals surface area contributed by atoms with E-state index >= 15 is 0 Å². The summed E-state index contributed by atoms with van der Waals surface area (Å²) < 4.78 is 1.27. The molecular formula is C17H14Cl2N4O. The summed E-state index contributed by atoms with van der Waals surface area (Å²) in [6, 6.07) is 16.3. The highest BCUT2D eigenvalue weighted by atomic mass is 35.5. The summed E-state index contributed by atoms with van der Waals surface area (Å²) in [5, 5.41) is 11.6. The number of carbonyl (C=O) groups is 1. The Morgan fingerprint density at radius 3 is 2.04 bits per heavy atom. The van der Waals surface area contributed by atoms with Gasteiger partial charge in [0, 0.05) is 13.0 Å². The van der Waals surface area contributed by atoms with E-state index in [1.165, 1.54) is 11.6 Å². The second kappa shape index (κ2) is 6.95. The third-order valence-electron chi connectivity index (χ3n) is 3.28. The van der Waals surface area contributed by atoms with Gasteiger partial charge in [0.15, 0.2) is 5.82 Å². The number of carbonyl (C=O) groups excluding carboxylic acids is 1. The standard InChI is InChI=1S/C17H14Cl2N4O/c1-11(24)23-17(21-15-9-5-3-7-13(15)19)10-16(22-23)20-14-8-4-2-6-12(14)18/h2-10,21H,1H3,(H,20,22). The molecule has 0 radical (unpaired) electrons. The van der Waals surface area contributed by atoms with Crippen LogP contribution in [0.5, 0.6) is 0 Å². The highest BCUT2D eigenvalue weighted by molar-refractivity contribution is 6.33. The first-order chi connectivity index (χ1) is 11.5. The van der Waals surface area contributed by atoms with E-state index in [2.05, 4.69) is 15.7 Å². The van der Waals surface area contributed by atoms with Crippen LogP contribution < -0.4 is 10.6 Å². The quantitative estimate of drug-likeness (QED) is 0.659. The fraction of sp³-hybridized carbons (Fsp3) is 0.0588. The molecule has 0 amide bonds. The third kappa shape index (κ3) is 3.53. The molecule has 0 bridgehead atoms. The molecule has 0 fully saturated rings. The number of para-hydroxylation sites is 2. The molecular weight excluding hydrogens is 347 g/mol. The minimum absolute atomic E-state index is 0.225. The van der Waals surface area contributed by atoms with Gasteiger partial charge in [-0.1, -0.05) is 47.5 Å². The molecule has 2 aromatic carbocycles. The molecule has 24 heavy (non-hydrogen) atoms. The summed E-state index contributed by atoms with van der Waals surface area (Å²) in [6.07, 6.45) is 0. The van der Waals surface area contributed by atoms with Crippen molar-refractivity contribution in [1.82, 2.24) is 9.78 Å². The molecule has 0 aliphatic carbocycles. The van der Waals surface area contributed by atoms with Gasteiger partial charge in [0.05, 0.1) is 21.4 Å². The zero-order valence-electron chi connectivity index (χ0n) is 12.8. The largest absolute Gasteiger partial charge is 0.339 e. The Labute approximate surface area is 149 Å². The highest BCUT2D eigenvalue weighted by Crippen LogP contribution is 2.29. The fourth-order valence-electron chi connectivity index (χ4n) is 2.17. The average molecular weight is 361 g/mol. The summed E-state index contributed by atoms with van der Waals surface area (Å²) in [5.41, 5.74) is 1.39. The number of halogens is 2. The van der Waals surface area contributed by atoms with Crippen LogP contribution in [0.3, 0.4) is 0 Å². The predicted octanol–water partition coefficient (Wildman–Crippen LogP) is 5.34. The van der Waals surface area contributed by atoms with Crippen LogP contribution in [-0.4, -0.2) is 15.7 Å². The van der Waals surface area contributed by atoms with Crippen LogP contribution in [-0.2, 0) is 0 Å². The van der Waals surface area contributed by atoms with Gasteiger partial charge in [0.25, 0.3) is 0 Å². The van der Waals surface area contributed by atoms with Crippen LogP contribution in [0.4, 0.5) is 23.0 Å². The maximum atomic E-state index is 11.8. The van der Waals surface area contributed by atoms with Gasteiger partial charge in [-0.25, -0.2) is 0 Å². The molecule has 0 aliphatic rings. The maximum absolute atomic E-state index is 11.8. The van der Waals surface area contributed by atoms with Crippen LogP contribution in [0.2, 0.25) is 10.0 Å². The number of hydrogen-bond donors (Lipinski definition) is 2. The Bertz CT molecular complexity index is 892.